The van der Waals surface area contributed by atoms with Crippen LogP contribution >= 0.6 is 0 Å². The Labute approximate surface area is 141 Å². The fraction of sp³-hybridized carbons (Fsp3) is 0.263. The van der Waals surface area contributed by atoms with Crippen molar-refractivity contribution in [3.8, 4) is 5.75 Å². The van der Waals surface area contributed by atoms with E-state index in [0.29, 0.717) is 5.56 Å². The average Bonchev–Trinajstić information content (AvgIpc) is 2.60. The van der Waals surface area contributed by atoms with Crippen molar-refractivity contribution >= 4 is 11.8 Å². The molecule has 0 aliphatic rings. The molecular weight excluding hydrogens is 304 g/mol. The molecule has 0 spiro atoms. The summed E-state index contributed by atoms with van der Waals surface area (Å²) < 4.78 is 0. The van der Waals surface area contributed by atoms with Crippen molar-refractivity contribution in [3.05, 3.63) is 65.2 Å². The largest absolute Gasteiger partial charge is 0.507 e. The fourth-order valence-electron chi connectivity index (χ4n) is 2.17. The zero-order chi connectivity index (χ0) is 17.5. The Balaban J connectivity index is 2.01. The Kier molecular flexibility index (Phi) is 5.95. The second kappa shape index (κ2) is 8.15. The topological polar surface area (TPSA) is 78.4 Å². The van der Waals surface area contributed by atoms with Crippen molar-refractivity contribution in [3.63, 3.8) is 0 Å². The minimum Gasteiger partial charge on any atom is -0.507 e. The molecule has 0 fully saturated rings. The molecule has 2 amide bonds. The predicted octanol–water partition coefficient (Wildman–Crippen LogP) is 2.85. The van der Waals surface area contributed by atoms with E-state index in [9.17, 15) is 14.7 Å². The monoisotopic (exact) mass is 326 g/mol. The summed E-state index contributed by atoms with van der Waals surface area (Å²) in [4.78, 5) is 24.2. The lowest BCUT2D eigenvalue weighted by molar-refractivity contribution is 0.0936. The van der Waals surface area contributed by atoms with Crippen LogP contribution in [0.5, 0.6) is 5.75 Å². The number of carbonyl (C=O) groups excluding carboxylic acids is 2. The molecule has 0 aliphatic carbocycles. The number of phenols is 1. The number of rotatable bonds is 6. The first-order valence-electron chi connectivity index (χ1n) is 7.97. The summed E-state index contributed by atoms with van der Waals surface area (Å²) in [6, 6.07) is 13.6. The second-order valence-electron chi connectivity index (χ2n) is 5.68. The van der Waals surface area contributed by atoms with Gasteiger partial charge in [0.05, 0.1) is 5.56 Å². The van der Waals surface area contributed by atoms with E-state index in [4.69, 9.17) is 0 Å². The smallest absolute Gasteiger partial charge is 0.255 e. The normalized spacial score (nSPS) is 11.6. The number of nitrogens with one attached hydrogen (secondary N) is 2. The minimum atomic E-state index is -0.359. The highest BCUT2D eigenvalue weighted by atomic mass is 16.3. The highest BCUT2D eigenvalue weighted by Crippen LogP contribution is 2.15. The number of amides is 2. The molecule has 5 heteroatoms. The summed E-state index contributed by atoms with van der Waals surface area (Å²) in [7, 11) is 0. The van der Waals surface area contributed by atoms with Crippen LogP contribution in [0.2, 0.25) is 0 Å². The van der Waals surface area contributed by atoms with Crippen LogP contribution in [-0.4, -0.2) is 23.0 Å². The fourth-order valence-corrected chi connectivity index (χ4v) is 2.17. The van der Waals surface area contributed by atoms with Gasteiger partial charge in [-0.05, 0) is 43.2 Å². The maximum absolute atomic E-state index is 12.1. The molecule has 0 radical (unpaired) electrons. The molecule has 5 nitrogen and oxygen atoms in total. The van der Waals surface area contributed by atoms with Gasteiger partial charge in [0, 0.05) is 18.2 Å². The molecule has 2 aromatic carbocycles. The molecular formula is C19H22N2O3. The van der Waals surface area contributed by atoms with E-state index in [-0.39, 0.29) is 35.7 Å². The summed E-state index contributed by atoms with van der Waals surface area (Å²) in [5.41, 5.74) is 1.60. The van der Waals surface area contributed by atoms with Gasteiger partial charge in [0.15, 0.2) is 0 Å². The number of benzene rings is 2. The molecule has 126 valence electrons. The molecule has 0 heterocycles. The molecule has 0 saturated carbocycles. The van der Waals surface area contributed by atoms with Crippen LogP contribution in [0.15, 0.2) is 48.5 Å². The van der Waals surface area contributed by atoms with Crippen molar-refractivity contribution in [2.75, 3.05) is 0 Å². The maximum Gasteiger partial charge on any atom is 0.255 e. The summed E-state index contributed by atoms with van der Waals surface area (Å²) in [6.07, 6.45) is 0.863. The number of para-hydroxylation sites is 1. The van der Waals surface area contributed by atoms with E-state index in [2.05, 4.69) is 10.6 Å². The van der Waals surface area contributed by atoms with Crippen molar-refractivity contribution in [1.29, 1.82) is 0 Å². The third kappa shape index (κ3) is 4.59. The quantitative estimate of drug-likeness (QED) is 0.764. The first-order chi connectivity index (χ1) is 11.5. The SMILES string of the molecule is CCC(C)NC(=O)c1cccc(CNC(=O)c2ccccc2O)c1. The molecule has 0 aliphatic heterocycles. The van der Waals surface area contributed by atoms with Gasteiger partial charge in [-0.3, -0.25) is 9.59 Å². The van der Waals surface area contributed by atoms with Crippen LogP contribution in [-0.2, 0) is 6.54 Å². The van der Waals surface area contributed by atoms with Crippen LogP contribution < -0.4 is 10.6 Å². The highest BCUT2D eigenvalue weighted by Gasteiger charge is 2.11. The molecule has 2 aromatic rings. The molecule has 2 rings (SSSR count). The minimum absolute atomic E-state index is 0.0586. The average molecular weight is 326 g/mol. The molecule has 0 saturated heterocycles. The first-order valence-corrected chi connectivity index (χ1v) is 7.97. The molecule has 24 heavy (non-hydrogen) atoms. The second-order valence-corrected chi connectivity index (χ2v) is 5.68. The van der Waals surface area contributed by atoms with E-state index in [1.54, 1.807) is 36.4 Å². The summed E-state index contributed by atoms with van der Waals surface area (Å²) in [5, 5.41) is 15.3. The summed E-state index contributed by atoms with van der Waals surface area (Å²) in [6.45, 7) is 4.24. The van der Waals surface area contributed by atoms with Gasteiger partial charge in [0.25, 0.3) is 11.8 Å². The summed E-state index contributed by atoms with van der Waals surface area (Å²) >= 11 is 0. The van der Waals surface area contributed by atoms with Gasteiger partial charge in [-0.1, -0.05) is 31.2 Å². The number of carbonyl (C=O) groups is 2. The van der Waals surface area contributed by atoms with Gasteiger partial charge in [0.2, 0.25) is 0 Å². The van der Waals surface area contributed by atoms with Crippen LogP contribution in [0.4, 0.5) is 0 Å². The van der Waals surface area contributed by atoms with Gasteiger partial charge in [-0.15, -0.1) is 0 Å². The van der Waals surface area contributed by atoms with E-state index in [1.165, 1.54) is 6.07 Å². The zero-order valence-corrected chi connectivity index (χ0v) is 13.9. The Hall–Kier alpha value is -2.82. The maximum atomic E-state index is 12.1. The van der Waals surface area contributed by atoms with Gasteiger partial charge >= 0.3 is 0 Å². The van der Waals surface area contributed by atoms with Gasteiger partial charge in [0.1, 0.15) is 5.75 Å². The zero-order valence-electron chi connectivity index (χ0n) is 13.9. The Morgan fingerprint density at radius 2 is 1.83 bits per heavy atom. The third-order valence-electron chi connectivity index (χ3n) is 3.78. The lowest BCUT2D eigenvalue weighted by Gasteiger charge is -2.12. The van der Waals surface area contributed by atoms with E-state index >= 15 is 0 Å². The van der Waals surface area contributed by atoms with Crippen LogP contribution in [0.3, 0.4) is 0 Å². The number of hydrogen-bond acceptors (Lipinski definition) is 3. The summed E-state index contributed by atoms with van der Waals surface area (Å²) in [5.74, 6) is -0.544. The molecule has 0 aromatic heterocycles. The van der Waals surface area contributed by atoms with Crippen molar-refractivity contribution in [2.45, 2.75) is 32.9 Å². The lowest BCUT2D eigenvalue weighted by atomic mass is 10.1. The van der Waals surface area contributed by atoms with Crippen LogP contribution in [0.1, 0.15) is 46.5 Å². The van der Waals surface area contributed by atoms with Crippen LogP contribution in [0, 0.1) is 0 Å². The van der Waals surface area contributed by atoms with Gasteiger partial charge in [-0.25, -0.2) is 0 Å². The van der Waals surface area contributed by atoms with Gasteiger partial charge in [-0.2, -0.15) is 0 Å². The Morgan fingerprint density at radius 1 is 1.08 bits per heavy atom. The van der Waals surface area contributed by atoms with E-state index in [0.717, 1.165) is 12.0 Å². The first kappa shape index (κ1) is 17.5. The number of aromatic hydroxyl groups is 1. The molecule has 0 bridgehead atoms. The van der Waals surface area contributed by atoms with Crippen molar-refractivity contribution in [1.82, 2.24) is 10.6 Å². The van der Waals surface area contributed by atoms with Crippen molar-refractivity contribution in [2.24, 2.45) is 0 Å². The number of phenolic OH excluding ortho intramolecular Hbond substituents is 1. The number of hydrogen-bond donors (Lipinski definition) is 3. The Morgan fingerprint density at radius 3 is 2.54 bits per heavy atom. The standard InChI is InChI=1S/C19H22N2O3/c1-3-13(2)21-18(23)15-8-6-7-14(11-15)12-20-19(24)16-9-4-5-10-17(16)22/h4-11,13,22H,3,12H2,1-2H3,(H,20,24)(H,21,23). The Bertz CT molecular complexity index is 728. The molecule has 1 atom stereocenters. The van der Waals surface area contributed by atoms with E-state index < -0.39 is 0 Å². The van der Waals surface area contributed by atoms with Gasteiger partial charge < -0.3 is 15.7 Å². The van der Waals surface area contributed by atoms with Crippen LogP contribution in [0.25, 0.3) is 0 Å². The third-order valence-corrected chi connectivity index (χ3v) is 3.78. The predicted molar refractivity (Wildman–Crippen MR) is 92.9 cm³/mol. The highest BCUT2D eigenvalue weighted by molar-refractivity contribution is 5.97. The lowest BCUT2D eigenvalue weighted by Crippen LogP contribution is -2.32. The van der Waals surface area contributed by atoms with E-state index in [1.807, 2.05) is 19.9 Å². The van der Waals surface area contributed by atoms with Crippen molar-refractivity contribution < 1.29 is 14.7 Å². The molecule has 3 N–H and O–H groups in total. The molecule has 1 unspecified atom stereocenters.